The first-order valence-corrected chi connectivity index (χ1v) is 3.98. The molecular weight excluding hydrogens is 166 g/mol. The Morgan fingerprint density at radius 1 is 1.38 bits per heavy atom. The molecule has 1 rings (SSSR count). The van der Waals surface area contributed by atoms with Gasteiger partial charge in [0.25, 0.3) is 0 Å². The summed E-state index contributed by atoms with van der Waals surface area (Å²) in [7, 11) is 1.62. The van der Waals surface area contributed by atoms with Crippen molar-refractivity contribution >= 4 is 0 Å². The van der Waals surface area contributed by atoms with Crippen molar-refractivity contribution in [1.29, 1.82) is 5.26 Å². The molecule has 0 radical (unpaired) electrons. The van der Waals surface area contributed by atoms with Crippen molar-refractivity contribution < 1.29 is 9.47 Å². The predicted octanol–water partition coefficient (Wildman–Crippen LogP) is 1.58. The summed E-state index contributed by atoms with van der Waals surface area (Å²) in [6.45, 7) is 1.06. The average Bonchev–Trinajstić information content (AvgIpc) is 2.19. The highest BCUT2D eigenvalue weighted by Crippen LogP contribution is 2.11. The van der Waals surface area contributed by atoms with Crippen LogP contribution in [-0.4, -0.2) is 20.3 Å². The van der Waals surface area contributed by atoms with Crippen LogP contribution in [0.5, 0.6) is 5.75 Å². The summed E-state index contributed by atoms with van der Waals surface area (Å²) in [6.07, 6.45) is 0. The normalized spacial score (nSPS) is 9.23. The van der Waals surface area contributed by atoms with E-state index < -0.39 is 0 Å². The van der Waals surface area contributed by atoms with Gasteiger partial charge in [0.05, 0.1) is 18.2 Å². The van der Waals surface area contributed by atoms with E-state index in [0.717, 1.165) is 0 Å². The van der Waals surface area contributed by atoms with E-state index in [9.17, 15) is 0 Å². The lowest BCUT2D eigenvalue weighted by Crippen LogP contribution is -2.04. The van der Waals surface area contributed by atoms with E-state index in [0.29, 0.717) is 24.5 Å². The molecule has 0 aliphatic rings. The highest BCUT2D eigenvalue weighted by molar-refractivity contribution is 5.36. The van der Waals surface area contributed by atoms with E-state index in [-0.39, 0.29) is 0 Å². The minimum Gasteiger partial charge on any atom is -0.491 e. The summed E-state index contributed by atoms with van der Waals surface area (Å²) < 4.78 is 10.1. The first kappa shape index (κ1) is 9.56. The molecule has 0 aliphatic heterocycles. The topological polar surface area (TPSA) is 42.2 Å². The van der Waals surface area contributed by atoms with E-state index in [1.165, 1.54) is 0 Å². The zero-order valence-electron chi connectivity index (χ0n) is 7.49. The van der Waals surface area contributed by atoms with Gasteiger partial charge in [-0.15, -0.1) is 0 Å². The minimum atomic E-state index is 0.505. The molecule has 0 aromatic heterocycles. The SMILES string of the molecule is COCCOc1cccc(C#N)c1. The number of hydrogen-bond donors (Lipinski definition) is 0. The number of ether oxygens (including phenoxy) is 2. The molecule has 13 heavy (non-hydrogen) atoms. The van der Waals surface area contributed by atoms with E-state index >= 15 is 0 Å². The van der Waals surface area contributed by atoms with Crippen molar-refractivity contribution in [3.05, 3.63) is 29.8 Å². The van der Waals surface area contributed by atoms with Crippen LogP contribution in [0.4, 0.5) is 0 Å². The van der Waals surface area contributed by atoms with Crippen molar-refractivity contribution in [2.75, 3.05) is 20.3 Å². The average molecular weight is 177 g/mol. The van der Waals surface area contributed by atoms with Gasteiger partial charge in [0, 0.05) is 7.11 Å². The summed E-state index contributed by atoms with van der Waals surface area (Å²) >= 11 is 0. The van der Waals surface area contributed by atoms with Gasteiger partial charge in [0.1, 0.15) is 12.4 Å². The summed E-state index contributed by atoms with van der Waals surface area (Å²) in [4.78, 5) is 0. The first-order chi connectivity index (χ1) is 6.36. The van der Waals surface area contributed by atoms with Gasteiger partial charge >= 0.3 is 0 Å². The van der Waals surface area contributed by atoms with E-state index in [2.05, 4.69) is 0 Å². The largest absolute Gasteiger partial charge is 0.491 e. The maximum absolute atomic E-state index is 8.60. The Hall–Kier alpha value is -1.53. The predicted molar refractivity (Wildman–Crippen MR) is 48.5 cm³/mol. The van der Waals surface area contributed by atoms with Crippen LogP contribution in [0.2, 0.25) is 0 Å². The number of hydrogen-bond acceptors (Lipinski definition) is 3. The van der Waals surface area contributed by atoms with Gasteiger partial charge in [0.2, 0.25) is 0 Å². The molecule has 0 spiro atoms. The molecular formula is C10H11NO2. The lowest BCUT2D eigenvalue weighted by Gasteiger charge is -2.04. The van der Waals surface area contributed by atoms with Crippen LogP contribution in [0, 0.1) is 11.3 Å². The van der Waals surface area contributed by atoms with Gasteiger partial charge in [-0.2, -0.15) is 5.26 Å². The molecule has 0 N–H and O–H groups in total. The molecule has 0 aliphatic carbocycles. The Kier molecular flexibility index (Phi) is 3.80. The molecule has 0 unspecified atom stereocenters. The first-order valence-electron chi connectivity index (χ1n) is 3.98. The molecule has 0 saturated carbocycles. The van der Waals surface area contributed by atoms with Crippen molar-refractivity contribution in [1.82, 2.24) is 0 Å². The molecule has 0 amide bonds. The molecule has 3 nitrogen and oxygen atoms in total. The third kappa shape index (κ3) is 3.14. The number of nitrogens with zero attached hydrogens (tertiary/aromatic N) is 1. The van der Waals surface area contributed by atoms with Crippen molar-refractivity contribution in [3.63, 3.8) is 0 Å². The zero-order chi connectivity index (χ0) is 9.52. The molecule has 0 bridgehead atoms. The van der Waals surface area contributed by atoms with Crippen LogP contribution >= 0.6 is 0 Å². The Bertz CT molecular complexity index is 304. The maximum Gasteiger partial charge on any atom is 0.120 e. The minimum absolute atomic E-state index is 0.505. The second-order valence-electron chi connectivity index (χ2n) is 2.48. The van der Waals surface area contributed by atoms with Crippen LogP contribution in [0.25, 0.3) is 0 Å². The summed E-state index contributed by atoms with van der Waals surface area (Å²) in [5, 5.41) is 8.60. The fourth-order valence-electron chi connectivity index (χ4n) is 0.898. The van der Waals surface area contributed by atoms with E-state index in [1.54, 1.807) is 25.3 Å². The molecule has 1 aromatic rings. The van der Waals surface area contributed by atoms with Crippen molar-refractivity contribution in [3.8, 4) is 11.8 Å². The van der Waals surface area contributed by atoms with Crippen LogP contribution < -0.4 is 4.74 Å². The van der Waals surface area contributed by atoms with Crippen LogP contribution in [0.1, 0.15) is 5.56 Å². The fourth-order valence-corrected chi connectivity index (χ4v) is 0.898. The number of methoxy groups -OCH3 is 1. The van der Waals surface area contributed by atoms with E-state index in [4.69, 9.17) is 14.7 Å². The van der Waals surface area contributed by atoms with Gasteiger partial charge in [-0.3, -0.25) is 0 Å². The summed E-state index contributed by atoms with van der Waals surface area (Å²) in [5.41, 5.74) is 0.606. The van der Waals surface area contributed by atoms with Gasteiger partial charge in [0.15, 0.2) is 0 Å². The Morgan fingerprint density at radius 3 is 2.92 bits per heavy atom. The maximum atomic E-state index is 8.60. The van der Waals surface area contributed by atoms with Crippen LogP contribution in [-0.2, 0) is 4.74 Å². The quantitative estimate of drug-likeness (QED) is 0.656. The van der Waals surface area contributed by atoms with Crippen molar-refractivity contribution in [2.45, 2.75) is 0 Å². The summed E-state index contributed by atoms with van der Waals surface area (Å²) in [6, 6.07) is 9.10. The zero-order valence-corrected chi connectivity index (χ0v) is 7.49. The highest BCUT2D eigenvalue weighted by Gasteiger charge is 1.94. The number of benzene rings is 1. The molecule has 0 heterocycles. The third-order valence-corrected chi connectivity index (χ3v) is 1.52. The second-order valence-corrected chi connectivity index (χ2v) is 2.48. The summed E-state index contributed by atoms with van der Waals surface area (Å²) in [5.74, 6) is 0.705. The van der Waals surface area contributed by atoms with Gasteiger partial charge < -0.3 is 9.47 Å². The highest BCUT2D eigenvalue weighted by atomic mass is 16.5. The van der Waals surface area contributed by atoms with E-state index in [1.807, 2.05) is 12.1 Å². The Morgan fingerprint density at radius 2 is 2.23 bits per heavy atom. The standard InChI is InChI=1S/C10H11NO2/c1-12-5-6-13-10-4-2-3-9(7-10)8-11/h2-4,7H,5-6H2,1H3. The third-order valence-electron chi connectivity index (χ3n) is 1.52. The molecule has 68 valence electrons. The molecule has 1 aromatic carbocycles. The molecule has 3 heteroatoms. The van der Waals surface area contributed by atoms with Gasteiger partial charge in [-0.05, 0) is 18.2 Å². The smallest absolute Gasteiger partial charge is 0.120 e. The fraction of sp³-hybridized carbons (Fsp3) is 0.300. The molecule has 0 atom stereocenters. The monoisotopic (exact) mass is 177 g/mol. The molecule has 0 fully saturated rings. The lowest BCUT2D eigenvalue weighted by atomic mass is 10.2. The lowest BCUT2D eigenvalue weighted by molar-refractivity contribution is 0.146. The van der Waals surface area contributed by atoms with Gasteiger partial charge in [-0.1, -0.05) is 6.07 Å². The van der Waals surface area contributed by atoms with Gasteiger partial charge in [-0.25, -0.2) is 0 Å². The second kappa shape index (κ2) is 5.18. The Balaban J connectivity index is 2.52. The Labute approximate surface area is 77.5 Å². The van der Waals surface area contributed by atoms with Crippen molar-refractivity contribution in [2.24, 2.45) is 0 Å². The molecule has 0 saturated heterocycles. The van der Waals surface area contributed by atoms with Crippen LogP contribution in [0.3, 0.4) is 0 Å². The number of rotatable bonds is 4. The number of nitriles is 1. The van der Waals surface area contributed by atoms with Crippen LogP contribution in [0.15, 0.2) is 24.3 Å².